The molecule has 1 aromatic heterocycles. The van der Waals surface area contributed by atoms with Gasteiger partial charge in [0.15, 0.2) is 16.9 Å². The Kier molecular flexibility index (Phi) is 5.11. The molecule has 1 aliphatic rings. The number of aliphatic hydroxyl groups is 1. The number of amidine groups is 1. The second-order valence-corrected chi connectivity index (χ2v) is 6.49. The lowest BCUT2D eigenvalue weighted by atomic mass is 10.2. The number of halogens is 1. The number of rotatable bonds is 3. The Balaban J connectivity index is 0.00000225. The minimum atomic E-state index is -0.323. The van der Waals surface area contributed by atoms with Crippen LogP contribution < -0.4 is 22.4 Å². The van der Waals surface area contributed by atoms with Gasteiger partial charge in [-0.05, 0) is 24.3 Å². The molecule has 0 saturated heterocycles. The number of hydrogen-bond donors (Lipinski definition) is 3. The minimum Gasteiger partial charge on any atom is -1.00 e. The molecule has 0 atom stereocenters. The maximum absolute atomic E-state index is 12.4. The molecule has 2 heterocycles. The quantitative estimate of drug-likeness (QED) is 0.491. The van der Waals surface area contributed by atoms with Gasteiger partial charge in [-0.1, -0.05) is 30.3 Å². The lowest BCUT2D eigenvalue weighted by molar-refractivity contribution is -0.648. The molecule has 144 valence electrons. The minimum absolute atomic E-state index is 0. The molecule has 0 saturated carbocycles. The van der Waals surface area contributed by atoms with Crippen LogP contribution in [-0.4, -0.2) is 33.0 Å². The number of aliphatic hydroxyl groups excluding tert-OH is 1. The van der Waals surface area contributed by atoms with Crippen molar-refractivity contribution < 1.29 is 26.9 Å². The number of imidazole rings is 1. The van der Waals surface area contributed by atoms with Gasteiger partial charge in [0.05, 0.1) is 20.6 Å². The normalized spacial score (nSPS) is 13.8. The predicted molar refractivity (Wildman–Crippen MR) is 102 cm³/mol. The number of hydrazine groups is 1. The molecule has 28 heavy (non-hydrogen) atoms. The average molecular weight is 398 g/mol. The zero-order valence-electron chi connectivity index (χ0n) is 15.5. The Morgan fingerprint density at radius 1 is 1.14 bits per heavy atom. The number of aryl methyl sites for hydroxylation is 2. The van der Waals surface area contributed by atoms with Crippen LogP contribution in [0.1, 0.15) is 16.2 Å². The lowest BCUT2D eigenvalue weighted by Gasteiger charge is -2.19. The van der Waals surface area contributed by atoms with Crippen LogP contribution >= 0.6 is 0 Å². The fourth-order valence-electron chi connectivity index (χ4n) is 3.51. The van der Waals surface area contributed by atoms with Crippen LogP contribution in [0.2, 0.25) is 0 Å². The summed E-state index contributed by atoms with van der Waals surface area (Å²) in [7, 11) is 3.80. The van der Waals surface area contributed by atoms with Crippen molar-refractivity contribution >= 4 is 28.3 Å². The maximum atomic E-state index is 12.4. The van der Waals surface area contributed by atoms with Gasteiger partial charge in [0.1, 0.15) is 11.3 Å². The van der Waals surface area contributed by atoms with E-state index >= 15 is 0 Å². The zero-order valence-corrected chi connectivity index (χ0v) is 16.2. The van der Waals surface area contributed by atoms with Crippen molar-refractivity contribution in [2.45, 2.75) is 0 Å². The van der Waals surface area contributed by atoms with Crippen LogP contribution in [0.25, 0.3) is 16.6 Å². The lowest BCUT2D eigenvalue weighted by Crippen LogP contribution is -3.00. The van der Waals surface area contributed by atoms with Crippen LogP contribution in [0.3, 0.4) is 0 Å². The van der Waals surface area contributed by atoms with Crippen LogP contribution in [-0.2, 0) is 14.1 Å². The predicted octanol–water partition coefficient (Wildman–Crippen LogP) is -1.09. The molecule has 0 bridgehead atoms. The van der Waals surface area contributed by atoms with E-state index in [1.54, 1.807) is 24.3 Å². The number of aromatic nitrogens is 2. The highest BCUT2D eigenvalue weighted by molar-refractivity contribution is 6.23. The van der Waals surface area contributed by atoms with Crippen LogP contribution in [0, 0.1) is 5.41 Å². The third-order valence-corrected chi connectivity index (χ3v) is 4.84. The summed E-state index contributed by atoms with van der Waals surface area (Å²) < 4.78 is 3.88. The van der Waals surface area contributed by atoms with Crippen molar-refractivity contribution in [3.8, 4) is 0 Å². The number of amides is 1. The van der Waals surface area contributed by atoms with Gasteiger partial charge in [0, 0.05) is 5.56 Å². The van der Waals surface area contributed by atoms with Gasteiger partial charge in [-0.2, -0.15) is 0 Å². The topological polar surface area (TPSA) is 85.2 Å². The number of para-hydroxylation sites is 2. The highest BCUT2D eigenvalue weighted by atomic mass is 35.5. The van der Waals surface area contributed by atoms with Crippen LogP contribution in [0.15, 0.2) is 60.4 Å². The van der Waals surface area contributed by atoms with Gasteiger partial charge < -0.3 is 17.5 Å². The Morgan fingerprint density at radius 3 is 2.46 bits per heavy atom. The van der Waals surface area contributed by atoms with Crippen LogP contribution in [0.5, 0.6) is 0 Å². The third kappa shape index (κ3) is 2.99. The van der Waals surface area contributed by atoms with E-state index in [1.165, 1.54) is 5.01 Å². The summed E-state index contributed by atoms with van der Waals surface area (Å²) in [5, 5.41) is 20.4. The van der Waals surface area contributed by atoms with Gasteiger partial charge in [-0.3, -0.25) is 20.6 Å². The molecule has 7 nitrogen and oxygen atoms in total. The summed E-state index contributed by atoms with van der Waals surface area (Å²) in [5.74, 6) is 0.485. The molecule has 1 aliphatic heterocycles. The smallest absolute Gasteiger partial charge is 0.296 e. The second kappa shape index (κ2) is 7.36. The average Bonchev–Trinajstić information content (AvgIpc) is 3.09. The van der Waals surface area contributed by atoms with Crippen molar-refractivity contribution in [1.82, 2.24) is 15.0 Å². The standard InChI is InChI=1S/C20H19N5O2.ClH/c1-23-14-10-6-7-11-15(14)24(2)20(23)17-16(26)12-25(18(17)21)22-19(27)13-8-4-3-5-9-13;/h3-11,21H,12H2,1-2H3,(H,22,27);1H. The first-order chi connectivity index (χ1) is 13.0. The molecule has 2 aromatic carbocycles. The molecule has 0 radical (unpaired) electrons. The Labute approximate surface area is 168 Å². The largest absolute Gasteiger partial charge is 1.00 e. The molecule has 3 N–H and O–H groups in total. The number of benzene rings is 2. The maximum Gasteiger partial charge on any atom is 0.296 e. The van der Waals surface area contributed by atoms with Crippen molar-refractivity contribution in [2.75, 3.05) is 6.54 Å². The molecule has 8 heteroatoms. The Bertz CT molecular complexity index is 1070. The molecular weight excluding hydrogens is 378 g/mol. The zero-order chi connectivity index (χ0) is 19.1. The summed E-state index contributed by atoms with van der Waals surface area (Å²) in [6.07, 6.45) is 0. The SMILES string of the molecule is Cn1c(C2=C(O)CN(NC(=O)c3ccccc3)C2=N)[n+](C)c2ccccc21.[Cl-]. The second-order valence-electron chi connectivity index (χ2n) is 6.49. The highest BCUT2D eigenvalue weighted by Crippen LogP contribution is 2.26. The van der Waals surface area contributed by atoms with E-state index < -0.39 is 0 Å². The van der Waals surface area contributed by atoms with Crippen molar-refractivity contribution in [2.24, 2.45) is 14.1 Å². The Hall–Kier alpha value is -3.32. The van der Waals surface area contributed by atoms with Gasteiger partial charge in [-0.25, -0.2) is 9.13 Å². The molecule has 0 fully saturated rings. The summed E-state index contributed by atoms with van der Waals surface area (Å²) in [6.45, 7) is 0.0499. The van der Waals surface area contributed by atoms with Crippen molar-refractivity contribution in [3.05, 3.63) is 71.7 Å². The Morgan fingerprint density at radius 2 is 1.79 bits per heavy atom. The first-order valence-electron chi connectivity index (χ1n) is 8.57. The number of nitrogens with zero attached hydrogens (tertiary/aromatic N) is 3. The molecule has 4 rings (SSSR count). The summed E-state index contributed by atoms with van der Waals surface area (Å²) in [5.41, 5.74) is 5.59. The van der Waals surface area contributed by atoms with E-state index in [2.05, 4.69) is 5.43 Å². The highest BCUT2D eigenvalue weighted by Gasteiger charge is 2.37. The third-order valence-electron chi connectivity index (χ3n) is 4.84. The van der Waals surface area contributed by atoms with E-state index in [9.17, 15) is 9.90 Å². The number of carbonyl (C=O) groups excluding carboxylic acids is 1. The van der Waals surface area contributed by atoms with Crippen molar-refractivity contribution in [1.29, 1.82) is 5.41 Å². The first-order valence-corrected chi connectivity index (χ1v) is 8.57. The molecule has 0 aliphatic carbocycles. The van der Waals surface area contributed by atoms with Gasteiger partial charge in [0.25, 0.3) is 11.7 Å². The number of carbonyl (C=O) groups is 1. The van der Waals surface area contributed by atoms with E-state index in [4.69, 9.17) is 5.41 Å². The molecule has 0 spiro atoms. The van der Waals surface area contributed by atoms with E-state index in [0.29, 0.717) is 17.0 Å². The molecule has 3 aromatic rings. The van der Waals surface area contributed by atoms with Gasteiger partial charge in [0.2, 0.25) is 0 Å². The fraction of sp³-hybridized carbons (Fsp3) is 0.150. The van der Waals surface area contributed by atoms with Crippen LogP contribution in [0.4, 0.5) is 0 Å². The summed E-state index contributed by atoms with van der Waals surface area (Å²) in [6, 6.07) is 16.7. The van der Waals surface area contributed by atoms with E-state index in [1.807, 2.05) is 53.6 Å². The van der Waals surface area contributed by atoms with Crippen molar-refractivity contribution in [3.63, 3.8) is 0 Å². The number of nitrogens with one attached hydrogen (secondary N) is 2. The number of hydrogen-bond acceptors (Lipinski definition) is 3. The fourth-order valence-corrected chi connectivity index (χ4v) is 3.51. The van der Waals surface area contributed by atoms with Gasteiger partial charge in [-0.15, -0.1) is 0 Å². The molecule has 1 amide bonds. The summed E-state index contributed by atoms with van der Waals surface area (Å²) >= 11 is 0. The monoisotopic (exact) mass is 397 g/mol. The molecular formula is C20H20ClN5O2. The number of fused-ring (bicyclic) bond motifs is 1. The van der Waals surface area contributed by atoms with E-state index in [0.717, 1.165) is 11.0 Å². The summed E-state index contributed by atoms with van der Waals surface area (Å²) in [4.78, 5) is 12.4. The van der Waals surface area contributed by atoms with E-state index in [-0.39, 0.29) is 36.5 Å². The first kappa shape index (κ1) is 19.4. The molecule has 0 unspecified atom stereocenters. The van der Waals surface area contributed by atoms with Gasteiger partial charge >= 0.3 is 0 Å².